The fourth-order valence-electron chi connectivity index (χ4n) is 3.52. The molecule has 1 aliphatic rings. The maximum absolute atomic E-state index is 13.2. The number of thiophene rings is 1. The summed E-state index contributed by atoms with van der Waals surface area (Å²) in [4.78, 5) is 28.7. The van der Waals surface area contributed by atoms with Crippen molar-refractivity contribution in [3.8, 4) is 0 Å². The van der Waals surface area contributed by atoms with Gasteiger partial charge in [0.1, 0.15) is 4.21 Å². The lowest BCUT2D eigenvalue weighted by atomic mass is 10.0. The molecule has 0 bridgehead atoms. The van der Waals surface area contributed by atoms with Gasteiger partial charge in [-0.3, -0.25) is 4.79 Å². The minimum absolute atomic E-state index is 0.0133. The third-order valence-corrected chi connectivity index (χ3v) is 9.91. The molecule has 0 saturated carbocycles. The molecule has 0 radical (unpaired) electrons. The fourth-order valence-corrected chi connectivity index (χ4v) is 7.84. The van der Waals surface area contributed by atoms with E-state index in [2.05, 4.69) is 0 Å². The van der Waals surface area contributed by atoms with Gasteiger partial charge >= 0.3 is 5.97 Å². The molecule has 2 aromatic rings. The SMILES string of the molecule is CCN(CC)S(=O)(=O)c1sc2c(c1C(=O)OC)CCN(C(=O)CSc1ccccc1)C2. The van der Waals surface area contributed by atoms with Gasteiger partial charge in [-0.15, -0.1) is 23.1 Å². The van der Waals surface area contributed by atoms with Crippen LogP contribution in [0.5, 0.6) is 0 Å². The number of ether oxygens (including phenoxy) is 1. The van der Waals surface area contributed by atoms with Crippen LogP contribution in [-0.2, 0) is 32.5 Å². The van der Waals surface area contributed by atoms with E-state index in [1.54, 1.807) is 18.7 Å². The number of esters is 1. The van der Waals surface area contributed by atoms with Crippen molar-refractivity contribution >= 4 is 45.0 Å². The minimum Gasteiger partial charge on any atom is -0.465 e. The number of benzene rings is 1. The second-order valence-corrected chi connectivity index (χ2v) is 11.2. The Balaban J connectivity index is 1.86. The molecule has 0 aliphatic carbocycles. The lowest BCUT2D eigenvalue weighted by molar-refractivity contribution is -0.129. The summed E-state index contributed by atoms with van der Waals surface area (Å²) in [5.74, 6) is -0.359. The topological polar surface area (TPSA) is 84.0 Å². The molecule has 1 aliphatic heterocycles. The van der Waals surface area contributed by atoms with Crippen LogP contribution in [0.3, 0.4) is 0 Å². The quantitative estimate of drug-likeness (QED) is 0.424. The molecule has 7 nitrogen and oxygen atoms in total. The first kappa shape index (κ1) is 23.8. The van der Waals surface area contributed by atoms with E-state index in [0.717, 1.165) is 21.1 Å². The summed E-state index contributed by atoms with van der Waals surface area (Å²) in [6.07, 6.45) is 0.422. The fraction of sp³-hybridized carbons (Fsp3) is 0.429. The molecule has 10 heteroatoms. The average Bonchev–Trinajstić information content (AvgIpc) is 3.18. The maximum Gasteiger partial charge on any atom is 0.340 e. The monoisotopic (exact) mass is 482 g/mol. The van der Waals surface area contributed by atoms with Crippen LogP contribution in [0.4, 0.5) is 0 Å². The maximum atomic E-state index is 13.2. The van der Waals surface area contributed by atoms with Crippen molar-refractivity contribution in [2.24, 2.45) is 0 Å². The predicted molar refractivity (Wildman–Crippen MR) is 122 cm³/mol. The summed E-state index contributed by atoms with van der Waals surface area (Å²) in [6.45, 7) is 4.87. The molecule has 0 spiro atoms. The highest BCUT2D eigenvalue weighted by molar-refractivity contribution is 8.00. The zero-order chi connectivity index (χ0) is 22.6. The Kier molecular flexibility index (Phi) is 7.79. The number of carbonyl (C=O) groups is 2. The first-order chi connectivity index (χ1) is 14.8. The van der Waals surface area contributed by atoms with Crippen molar-refractivity contribution in [1.82, 2.24) is 9.21 Å². The number of nitrogens with zero attached hydrogens (tertiary/aromatic N) is 2. The van der Waals surface area contributed by atoms with Gasteiger partial charge in [-0.2, -0.15) is 4.31 Å². The van der Waals surface area contributed by atoms with Crippen LogP contribution in [0.15, 0.2) is 39.4 Å². The van der Waals surface area contributed by atoms with Gasteiger partial charge in [0.2, 0.25) is 5.91 Å². The van der Waals surface area contributed by atoms with Crippen molar-refractivity contribution < 1.29 is 22.7 Å². The number of carbonyl (C=O) groups excluding carboxylic acids is 2. The molecule has 0 atom stereocenters. The normalized spacial score (nSPS) is 13.9. The zero-order valence-corrected chi connectivity index (χ0v) is 20.2. The third kappa shape index (κ3) is 4.97. The number of amides is 1. The Morgan fingerprint density at radius 3 is 2.48 bits per heavy atom. The van der Waals surface area contributed by atoms with Crippen molar-refractivity contribution in [2.45, 2.75) is 35.9 Å². The van der Waals surface area contributed by atoms with Crippen LogP contribution < -0.4 is 0 Å². The minimum atomic E-state index is -3.82. The van der Waals surface area contributed by atoms with E-state index < -0.39 is 16.0 Å². The first-order valence-corrected chi connectivity index (χ1v) is 13.3. The summed E-state index contributed by atoms with van der Waals surface area (Å²) in [5.41, 5.74) is 0.808. The van der Waals surface area contributed by atoms with E-state index in [0.29, 0.717) is 43.9 Å². The lowest BCUT2D eigenvalue weighted by Crippen LogP contribution is -2.36. The summed E-state index contributed by atoms with van der Waals surface area (Å²) < 4.78 is 32.6. The Hall–Kier alpha value is -1.88. The number of methoxy groups -OCH3 is 1. The largest absolute Gasteiger partial charge is 0.465 e. The highest BCUT2D eigenvalue weighted by Crippen LogP contribution is 2.38. The number of hydrogen-bond acceptors (Lipinski definition) is 7. The molecule has 1 aromatic heterocycles. The van der Waals surface area contributed by atoms with Gasteiger partial charge in [-0.1, -0.05) is 32.0 Å². The van der Waals surface area contributed by atoms with Crippen molar-refractivity contribution in [3.05, 3.63) is 46.3 Å². The predicted octanol–water partition coefficient (Wildman–Crippen LogP) is 3.24. The molecule has 168 valence electrons. The number of sulfonamides is 1. The van der Waals surface area contributed by atoms with Gasteiger partial charge in [0.15, 0.2) is 0 Å². The second-order valence-electron chi connectivity index (χ2n) is 6.91. The second kappa shape index (κ2) is 10.2. The number of hydrogen-bond donors (Lipinski definition) is 0. The Labute approximate surface area is 191 Å². The lowest BCUT2D eigenvalue weighted by Gasteiger charge is -2.27. The van der Waals surface area contributed by atoms with E-state index >= 15 is 0 Å². The number of fused-ring (bicyclic) bond motifs is 1. The summed E-state index contributed by atoms with van der Waals surface area (Å²) in [7, 11) is -2.57. The molecule has 0 fully saturated rings. The van der Waals surface area contributed by atoms with Crippen molar-refractivity contribution in [3.63, 3.8) is 0 Å². The van der Waals surface area contributed by atoms with Crippen molar-refractivity contribution in [2.75, 3.05) is 32.5 Å². The van der Waals surface area contributed by atoms with Crippen LogP contribution >= 0.6 is 23.1 Å². The van der Waals surface area contributed by atoms with Crippen molar-refractivity contribution in [1.29, 1.82) is 0 Å². The summed E-state index contributed by atoms with van der Waals surface area (Å²) in [6, 6.07) is 9.70. The van der Waals surface area contributed by atoms with E-state index in [1.165, 1.54) is 23.2 Å². The Morgan fingerprint density at radius 2 is 1.87 bits per heavy atom. The number of thioether (sulfide) groups is 1. The molecule has 0 unspecified atom stereocenters. The molecular formula is C21H26N2O5S3. The van der Waals surface area contributed by atoms with Gasteiger partial charge < -0.3 is 9.64 Å². The zero-order valence-electron chi connectivity index (χ0n) is 17.8. The van der Waals surface area contributed by atoms with E-state index in [-0.39, 0.29) is 15.7 Å². The summed E-state index contributed by atoms with van der Waals surface area (Å²) in [5, 5.41) is 0. The van der Waals surface area contributed by atoms with Crippen LogP contribution in [0.1, 0.15) is 34.6 Å². The molecular weight excluding hydrogens is 456 g/mol. The van der Waals surface area contributed by atoms with E-state index in [1.807, 2.05) is 30.3 Å². The van der Waals surface area contributed by atoms with Crippen LogP contribution in [-0.4, -0.2) is 62.0 Å². The molecule has 0 N–H and O–H groups in total. The third-order valence-electron chi connectivity index (χ3n) is 5.15. The standard InChI is InChI=1S/C21H26N2O5S3/c1-4-23(5-2)31(26,27)21-19(20(25)28-3)16-11-12-22(13-17(16)30-21)18(24)14-29-15-9-7-6-8-10-15/h6-10H,4-5,11-14H2,1-3H3. The van der Waals surface area contributed by atoms with Crippen LogP contribution in [0.2, 0.25) is 0 Å². The molecule has 3 rings (SSSR count). The van der Waals surface area contributed by atoms with E-state index in [4.69, 9.17) is 4.74 Å². The molecule has 31 heavy (non-hydrogen) atoms. The molecule has 1 aromatic carbocycles. The Morgan fingerprint density at radius 1 is 1.19 bits per heavy atom. The molecule has 0 saturated heterocycles. The van der Waals surface area contributed by atoms with Crippen LogP contribution in [0.25, 0.3) is 0 Å². The van der Waals surface area contributed by atoms with Gasteiger partial charge in [0.25, 0.3) is 10.0 Å². The smallest absolute Gasteiger partial charge is 0.340 e. The van der Waals surface area contributed by atoms with Gasteiger partial charge in [0.05, 0.1) is 25.0 Å². The summed E-state index contributed by atoms with van der Waals surface area (Å²) >= 11 is 2.55. The average molecular weight is 483 g/mol. The molecule has 2 heterocycles. The van der Waals surface area contributed by atoms with Gasteiger partial charge in [0, 0.05) is 29.4 Å². The van der Waals surface area contributed by atoms with Gasteiger partial charge in [-0.05, 0) is 24.1 Å². The van der Waals surface area contributed by atoms with E-state index in [9.17, 15) is 18.0 Å². The Bertz CT molecular complexity index is 1050. The first-order valence-electron chi connectivity index (χ1n) is 10.0. The van der Waals surface area contributed by atoms with Crippen LogP contribution in [0, 0.1) is 0 Å². The highest BCUT2D eigenvalue weighted by Gasteiger charge is 2.36. The number of rotatable bonds is 8. The van der Waals surface area contributed by atoms with Gasteiger partial charge in [-0.25, -0.2) is 13.2 Å². The molecule has 1 amide bonds. The highest BCUT2D eigenvalue weighted by atomic mass is 32.2.